The van der Waals surface area contributed by atoms with Gasteiger partial charge in [0.25, 0.3) is 0 Å². The zero-order valence-electron chi connectivity index (χ0n) is 14.8. The molecule has 0 heterocycles. The molecule has 0 aliphatic heterocycles. The minimum atomic E-state index is -0.242. The Morgan fingerprint density at radius 2 is 1.09 bits per heavy atom. The van der Waals surface area contributed by atoms with Gasteiger partial charge in [-0.2, -0.15) is 0 Å². The van der Waals surface area contributed by atoms with Crippen LogP contribution in [0.2, 0.25) is 0 Å². The van der Waals surface area contributed by atoms with Crippen molar-refractivity contribution in [3.63, 3.8) is 0 Å². The predicted molar refractivity (Wildman–Crippen MR) is 86.4 cm³/mol. The minimum Gasteiger partial charge on any atom is -0.344 e. The average molecular weight is 314 g/mol. The maximum absolute atomic E-state index is 12.1. The van der Waals surface area contributed by atoms with Crippen LogP contribution in [0.25, 0.3) is 0 Å². The van der Waals surface area contributed by atoms with Gasteiger partial charge in [-0.05, 0) is 20.0 Å². The Labute approximate surface area is 133 Å². The highest BCUT2D eigenvalue weighted by Crippen LogP contribution is 1.95. The molecule has 128 valence electrons. The topological polar surface area (TPSA) is 64.2 Å². The van der Waals surface area contributed by atoms with Crippen molar-refractivity contribution in [2.45, 2.75) is 20.3 Å². The number of hydrogen-bond acceptors (Lipinski definition) is 4. The fraction of sp³-hybridized carbons (Fsp3) is 0.800. The van der Waals surface area contributed by atoms with E-state index in [1.807, 2.05) is 25.8 Å². The lowest BCUT2D eigenvalue weighted by Crippen LogP contribution is -2.45. The normalized spacial score (nSPS) is 10.5. The van der Waals surface area contributed by atoms with Gasteiger partial charge in [0.15, 0.2) is 0 Å². The predicted octanol–water partition coefficient (Wildman–Crippen LogP) is -0.277. The van der Waals surface area contributed by atoms with Crippen LogP contribution in [0.1, 0.15) is 20.3 Å². The van der Waals surface area contributed by atoms with Crippen LogP contribution in [-0.4, -0.2) is 98.2 Å². The van der Waals surface area contributed by atoms with Gasteiger partial charge in [-0.15, -0.1) is 0 Å². The van der Waals surface area contributed by atoms with Crippen LogP contribution in [0.5, 0.6) is 0 Å². The highest BCUT2D eigenvalue weighted by molar-refractivity contribution is 5.88. The van der Waals surface area contributed by atoms with Crippen molar-refractivity contribution in [2.75, 3.05) is 60.9 Å². The number of likely N-dealkylation sites (N-methyl/N-ethyl adjacent to an activating group) is 4. The van der Waals surface area contributed by atoms with Gasteiger partial charge in [0.1, 0.15) is 0 Å². The summed E-state index contributed by atoms with van der Waals surface area (Å²) in [5.74, 6) is -0.453. The van der Waals surface area contributed by atoms with Crippen molar-refractivity contribution in [1.82, 2.24) is 19.6 Å². The summed E-state index contributed by atoms with van der Waals surface area (Å²) in [7, 11) is 6.75. The molecule has 7 nitrogen and oxygen atoms in total. The Hall–Kier alpha value is -1.63. The van der Waals surface area contributed by atoms with E-state index in [9.17, 15) is 14.4 Å². The molecule has 7 heteroatoms. The van der Waals surface area contributed by atoms with Gasteiger partial charge in [0, 0.05) is 27.7 Å². The second kappa shape index (κ2) is 10.2. The van der Waals surface area contributed by atoms with Crippen LogP contribution >= 0.6 is 0 Å². The number of hydrogen-bond donors (Lipinski definition) is 0. The van der Waals surface area contributed by atoms with Crippen LogP contribution in [-0.2, 0) is 14.4 Å². The molecule has 0 unspecified atom stereocenters. The lowest BCUT2D eigenvalue weighted by Gasteiger charge is -2.25. The highest BCUT2D eigenvalue weighted by Gasteiger charge is 2.19. The molecule has 0 N–H and O–H groups in total. The standard InChI is InChI=1S/C15H30N4O3/c1-7-9-17(4)14(21)11-19(6)15(22)12-18(5)13(20)10-16(3)8-2/h7-12H2,1-6H3. The molecule has 0 bridgehead atoms. The third-order valence-electron chi connectivity index (χ3n) is 3.53. The molecule has 0 rings (SSSR count). The summed E-state index contributed by atoms with van der Waals surface area (Å²) in [6.07, 6.45) is 0.877. The molecule has 3 amide bonds. The number of carbonyl (C=O) groups excluding carboxylic acids is 3. The highest BCUT2D eigenvalue weighted by atomic mass is 16.2. The molecule has 0 saturated carbocycles. The van der Waals surface area contributed by atoms with Gasteiger partial charge >= 0.3 is 0 Å². The maximum Gasteiger partial charge on any atom is 0.242 e. The van der Waals surface area contributed by atoms with Crippen molar-refractivity contribution >= 4 is 17.7 Å². The first-order valence-corrected chi connectivity index (χ1v) is 7.63. The summed E-state index contributed by atoms with van der Waals surface area (Å²) in [4.78, 5) is 42.1. The summed E-state index contributed by atoms with van der Waals surface area (Å²) in [5, 5.41) is 0. The molecule has 0 saturated heterocycles. The van der Waals surface area contributed by atoms with E-state index in [0.717, 1.165) is 13.0 Å². The molecule has 0 aromatic carbocycles. The van der Waals surface area contributed by atoms with Gasteiger partial charge in [0.05, 0.1) is 19.6 Å². The summed E-state index contributed by atoms with van der Waals surface area (Å²) in [6.45, 7) is 5.69. The Bertz CT molecular complexity index is 387. The summed E-state index contributed by atoms with van der Waals surface area (Å²) in [6, 6.07) is 0. The van der Waals surface area contributed by atoms with E-state index in [1.165, 1.54) is 9.80 Å². The molecular weight excluding hydrogens is 284 g/mol. The molecule has 0 aliphatic rings. The van der Waals surface area contributed by atoms with E-state index in [1.54, 1.807) is 26.0 Å². The van der Waals surface area contributed by atoms with E-state index < -0.39 is 0 Å². The fourth-order valence-corrected chi connectivity index (χ4v) is 1.75. The first-order valence-electron chi connectivity index (χ1n) is 7.63. The lowest BCUT2D eigenvalue weighted by atomic mass is 10.3. The Morgan fingerprint density at radius 1 is 0.682 bits per heavy atom. The van der Waals surface area contributed by atoms with Crippen LogP contribution in [0.15, 0.2) is 0 Å². The van der Waals surface area contributed by atoms with Crippen molar-refractivity contribution in [3.8, 4) is 0 Å². The first kappa shape index (κ1) is 20.4. The second-order valence-electron chi connectivity index (χ2n) is 5.65. The van der Waals surface area contributed by atoms with Crippen molar-refractivity contribution in [2.24, 2.45) is 0 Å². The smallest absolute Gasteiger partial charge is 0.242 e. The second-order valence-corrected chi connectivity index (χ2v) is 5.65. The van der Waals surface area contributed by atoms with Gasteiger partial charge in [0.2, 0.25) is 17.7 Å². The molecule has 0 fully saturated rings. The number of nitrogens with zero attached hydrogens (tertiary/aromatic N) is 4. The average Bonchev–Trinajstić information content (AvgIpc) is 2.46. The van der Waals surface area contributed by atoms with Crippen molar-refractivity contribution in [1.29, 1.82) is 0 Å². The SMILES string of the molecule is CCCN(C)C(=O)CN(C)C(=O)CN(C)C(=O)CN(C)CC. The zero-order chi connectivity index (χ0) is 17.3. The zero-order valence-corrected chi connectivity index (χ0v) is 14.8. The van der Waals surface area contributed by atoms with Gasteiger partial charge in [-0.3, -0.25) is 19.3 Å². The van der Waals surface area contributed by atoms with E-state index in [0.29, 0.717) is 6.54 Å². The van der Waals surface area contributed by atoms with Crippen LogP contribution in [0.4, 0.5) is 0 Å². The third-order valence-corrected chi connectivity index (χ3v) is 3.53. The van der Waals surface area contributed by atoms with E-state index >= 15 is 0 Å². The summed E-state index contributed by atoms with van der Waals surface area (Å²) >= 11 is 0. The number of amides is 3. The molecule has 0 atom stereocenters. The Kier molecular flexibility index (Phi) is 9.40. The summed E-state index contributed by atoms with van der Waals surface area (Å²) < 4.78 is 0. The first-order chi connectivity index (χ1) is 10.2. The lowest BCUT2D eigenvalue weighted by molar-refractivity contribution is -0.142. The minimum absolute atomic E-state index is 0.0162. The summed E-state index contributed by atoms with van der Waals surface area (Å²) in [5.41, 5.74) is 0. The quantitative estimate of drug-likeness (QED) is 0.587. The maximum atomic E-state index is 12.1. The van der Waals surface area contributed by atoms with Gasteiger partial charge < -0.3 is 14.7 Å². The molecule has 0 aliphatic carbocycles. The molecule has 0 aromatic heterocycles. The van der Waals surface area contributed by atoms with Crippen molar-refractivity contribution in [3.05, 3.63) is 0 Å². The largest absolute Gasteiger partial charge is 0.344 e. The van der Waals surface area contributed by atoms with Gasteiger partial charge in [-0.25, -0.2) is 0 Å². The van der Waals surface area contributed by atoms with Crippen molar-refractivity contribution < 1.29 is 14.4 Å². The Morgan fingerprint density at radius 3 is 1.50 bits per heavy atom. The molecule has 0 radical (unpaired) electrons. The molecule has 0 aromatic rings. The van der Waals surface area contributed by atoms with Crippen LogP contribution < -0.4 is 0 Å². The molecule has 0 spiro atoms. The monoisotopic (exact) mass is 314 g/mol. The number of rotatable bonds is 9. The van der Waals surface area contributed by atoms with E-state index in [2.05, 4.69) is 0 Å². The molecular formula is C15H30N4O3. The third kappa shape index (κ3) is 7.40. The fourth-order valence-electron chi connectivity index (χ4n) is 1.75. The van der Waals surface area contributed by atoms with E-state index in [-0.39, 0.29) is 37.4 Å². The van der Waals surface area contributed by atoms with Crippen LogP contribution in [0.3, 0.4) is 0 Å². The Balaban J connectivity index is 4.34. The number of carbonyl (C=O) groups is 3. The van der Waals surface area contributed by atoms with Gasteiger partial charge in [-0.1, -0.05) is 13.8 Å². The van der Waals surface area contributed by atoms with Crippen LogP contribution in [0, 0.1) is 0 Å². The molecule has 22 heavy (non-hydrogen) atoms. The van der Waals surface area contributed by atoms with E-state index in [4.69, 9.17) is 0 Å².